The normalized spacial score (nSPS) is 15.1. The first-order valence-corrected chi connectivity index (χ1v) is 11.7. The molecular formula is C28H25F3N4O. The van der Waals surface area contributed by atoms with Gasteiger partial charge in [-0.15, -0.1) is 0 Å². The molecule has 1 aliphatic carbocycles. The Hall–Kier alpha value is -3.91. The number of benzene rings is 3. The van der Waals surface area contributed by atoms with Gasteiger partial charge in [-0.3, -0.25) is 4.79 Å². The van der Waals surface area contributed by atoms with Gasteiger partial charge in [0.25, 0.3) is 5.91 Å². The van der Waals surface area contributed by atoms with E-state index in [1.807, 2.05) is 31.2 Å². The van der Waals surface area contributed by atoms with E-state index in [9.17, 15) is 18.0 Å². The average molecular weight is 491 g/mol. The predicted octanol–water partition coefficient (Wildman–Crippen LogP) is 5.91. The van der Waals surface area contributed by atoms with Crippen molar-refractivity contribution in [2.45, 2.75) is 38.5 Å². The quantitative estimate of drug-likeness (QED) is 0.315. The van der Waals surface area contributed by atoms with Crippen LogP contribution in [0.3, 0.4) is 0 Å². The molecule has 0 saturated heterocycles. The first-order valence-electron chi connectivity index (χ1n) is 11.7. The third-order valence-corrected chi connectivity index (χ3v) is 6.53. The fourth-order valence-electron chi connectivity index (χ4n) is 4.74. The number of halogens is 3. The van der Waals surface area contributed by atoms with Crippen LogP contribution in [0.4, 0.5) is 18.9 Å². The molecular weight excluding hydrogens is 465 g/mol. The molecule has 0 aliphatic heterocycles. The fraction of sp³-hybridized carbons (Fsp3) is 0.214. The molecule has 1 atom stereocenters. The Bertz CT molecular complexity index is 1380. The predicted molar refractivity (Wildman–Crippen MR) is 133 cm³/mol. The summed E-state index contributed by atoms with van der Waals surface area (Å²) in [5.74, 6) is 0.583. The molecule has 1 amide bonds. The summed E-state index contributed by atoms with van der Waals surface area (Å²) in [5.41, 5.74) is 4.78. The van der Waals surface area contributed by atoms with E-state index in [0.29, 0.717) is 35.0 Å². The van der Waals surface area contributed by atoms with E-state index in [0.717, 1.165) is 36.4 Å². The van der Waals surface area contributed by atoms with Crippen molar-refractivity contribution in [1.29, 1.82) is 0 Å². The van der Waals surface area contributed by atoms with E-state index in [-0.39, 0.29) is 5.91 Å². The number of aromatic nitrogens is 2. The maximum Gasteiger partial charge on any atom is 0.416 e. The summed E-state index contributed by atoms with van der Waals surface area (Å²) in [7, 11) is 0. The Kier molecular flexibility index (Phi) is 6.36. The van der Waals surface area contributed by atoms with Crippen LogP contribution in [0, 0.1) is 6.92 Å². The first-order chi connectivity index (χ1) is 17.3. The summed E-state index contributed by atoms with van der Waals surface area (Å²) in [5, 5.41) is 6.49. The van der Waals surface area contributed by atoms with Gasteiger partial charge in [-0.05, 0) is 77.9 Å². The maximum absolute atomic E-state index is 13.3. The van der Waals surface area contributed by atoms with Crippen molar-refractivity contribution in [3.05, 3.63) is 107 Å². The third-order valence-electron chi connectivity index (χ3n) is 6.53. The highest BCUT2D eigenvalue weighted by molar-refractivity contribution is 6.09. The van der Waals surface area contributed by atoms with Crippen LogP contribution in [0.25, 0.3) is 11.1 Å². The number of aromatic amines is 1. The average Bonchev–Trinajstić information content (AvgIpc) is 3.51. The van der Waals surface area contributed by atoms with Crippen LogP contribution in [0.5, 0.6) is 0 Å². The molecule has 3 aromatic carbocycles. The second kappa shape index (κ2) is 9.62. The Balaban J connectivity index is 1.32. The number of H-pyrrole nitrogens is 1. The van der Waals surface area contributed by atoms with Crippen molar-refractivity contribution in [2.75, 3.05) is 5.32 Å². The largest absolute Gasteiger partial charge is 0.416 e. The summed E-state index contributed by atoms with van der Waals surface area (Å²) in [6, 6.07) is 16.4. The summed E-state index contributed by atoms with van der Waals surface area (Å²) in [6.45, 7) is 2.50. The molecule has 184 valence electrons. The number of nitrogens with one attached hydrogen (secondary N) is 3. The maximum atomic E-state index is 13.3. The minimum Gasteiger partial charge on any atom is -0.348 e. The fourth-order valence-corrected chi connectivity index (χ4v) is 4.74. The van der Waals surface area contributed by atoms with Crippen LogP contribution in [0.15, 0.2) is 73.1 Å². The number of hydrogen-bond donors (Lipinski definition) is 3. The standard InChI is InChI=1S/C28H25F3N4O/c1-17-3-2-4-24(26(17)18-5-8-21(9-6-18)28(29,30)31)27(36)35-22-10-7-19-13-23(15-20(19)14-22)34-16-25-32-11-12-33-25/h2-12,14,23,34H,13,15-16H2,1H3,(H,32,33)(H,35,36)/t23-/m0/s1. The minimum atomic E-state index is -4.41. The van der Waals surface area contributed by atoms with Crippen molar-refractivity contribution >= 4 is 11.6 Å². The highest BCUT2D eigenvalue weighted by Crippen LogP contribution is 2.33. The monoisotopic (exact) mass is 490 g/mol. The molecule has 0 radical (unpaired) electrons. The van der Waals surface area contributed by atoms with Gasteiger partial charge in [0.05, 0.1) is 12.1 Å². The second-order valence-electron chi connectivity index (χ2n) is 9.03. The number of rotatable bonds is 6. The molecule has 0 unspecified atom stereocenters. The van der Waals surface area contributed by atoms with Crippen molar-refractivity contribution < 1.29 is 18.0 Å². The highest BCUT2D eigenvalue weighted by atomic mass is 19.4. The number of amides is 1. The number of carbonyl (C=O) groups excluding carboxylic acids is 1. The van der Waals surface area contributed by atoms with E-state index in [2.05, 4.69) is 20.6 Å². The van der Waals surface area contributed by atoms with Crippen molar-refractivity contribution in [3.63, 3.8) is 0 Å². The van der Waals surface area contributed by atoms with E-state index in [4.69, 9.17) is 0 Å². The molecule has 0 fully saturated rings. The van der Waals surface area contributed by atoms with E-state index in [1.54, 1.807) is 24.5 Å². The zero-order valence-corrected chi connectivity index (χ0v) is 19.6. The number of hydrogen-bond acceptors (Lipinski definition) is 3. The lowest BCUT2D eigenvalue weighted by Gasteiger charge is -2.15. The smallest absolute Gasteiger partial charge is 0.348 e. The molecule has 4 aromatic rings. The van der Waals surface area contributed by atoms with Gasteiger partial charge < -0.3 is 15.6 Å². The minimum absolute atomic E-state index is 0.291. The highest BCUT2D eigenvalue weighted by Gasteiger charge is 2.30. The van der Waals surface area contributed by atoms with Gasteiger partial charge >= 0.3 is 6.18 Å². The molecule has 0 spiro atoms. The molecule has 1 aliphatic rings. The Morgan fingerprint density at radius 3 is 2.56 bits per heavy atom. The summed E-state index contributed by atoms with van der Waals surface area (Å²) >= 11 is 0. The van der Waals surface area contributed by atoms with Gasteiger partial charge in [0.2, 0.25) is 0 Å². The molecule has 36 heavy (non-hydrogen) atoms. The van der Waals surface area contributed by atoms with Crippen molar-refractivity contribution in [3.8, 4) is 11.1 Å². The Morgan fingerprint density at radius 1 is 1.06 bits per heavy atom. The van der Waals surface area contributed by atoms with Crippen LogP contribution in [-0.4, -0.2) is 21.9 Å². The van der Waals surface area contributed by atoms with Crippen molar-refractivity contribution in [1.82, 2.24) is 15.3 Å². The lowest BCUT2D eigenvalue weighted by molar-refractivity contribution is -0.137. The molecule has 0 bridgehead atoms. The first kappa shape index (κ1) is 23.8. The number of alkyl halides is 3. The van der Waals surface area contributed by atoms with Crippen LogP contribution >= 0.6 is 0 Å². The van der Waals surface area contributed by atoms with Crippen LogP contribution in [0.2, 0.25) is 0 Å². The Labute approximate surface area is 206 Å². The van der Waals surface area contributed by atoms with Gasteiger partial charge in [-0.2, -0.15) is 13.2 Å². The van der Waals surface area contributed by atoms with Gasteiger partial charge in [0, 0.05) is 29.7 Å². The number of imidazole rings is 1. The molecule has 5 rings (SSSR count). The zero-order valence-electron chi connectivity index (χ0n) is 19.6. The molecule has 1 aromatic heterocycles. The summed E-state index contributed by atoms with van der Waals surface area (Å²) < 4.78 is 39.0. The molecule has 0 saturated carbocycles. The van der Waals surface area contributed by atoms with Crippen LogP contribution in [-0.2, 0) is 25.6 Å². The number of carbonyl (C=O) groups is 1. The Morgan fingerprint density at radius 2 is 1.83 bits per heavy atom. The lowest BCUT2D eigenvalue weighted by Crippen LogP contribution is -2.29. The van der Waals surface area contributed by atoms with Gasteiger partial charge in [0.15, 0.2) is 0 Å². The van der Waals surface area contributed by atoms with E-state index >= 15 is 0 Å². The molecule has 3 N–H and O–H groups in total. The SMILES string of the molecule is Cc1cccc(C(=O)Nc2ccc3c(c2)C[C@@H](NCc2ncc[nH]2)C3)c1-c1ccc(C(F)(F)F)cc1. The molecule has 8 heteroatoms. The van der Waals surface area contributed by atoms with Gasteiger partial charge in [-0.25, -0.2) is 4.98 Å². The lowest BCUT2D eigenvalue weighted by atomic mass is 9.93. The van der Waals surface area contributed by atoms with Gasteiger partial charge in [0.1, 0.15) is 5.82 Å². The zero-order chi connectivity index (χ0) is 25.3. The third kappa shape index (κ3) is 5.04. The van der Waals surface area contributed by atoms with Gasteiger partial charge in [-0.1, -0.05) is 30.3 Å². The van der Waals surface area contributed by atoms with Crippen molar-refractivity contribution in [2.24, 2.45) is 0 Å². The van der Waals surface area contributed by atoms with E-state index < -0.39 is 11.7 Å². The summed E-state index contributed by atoms with van der Waals surface area (Å²) in [4.78, 5) is 20.6. The number of anilines is 1. The van der Waals surface area contributed by atoms with Crippen LogP contribution < -0.4 is 10.6 Å². The van der Waals surface area contributed by atoms with Crippen LogP contribution in [0.1, 0.15) is 38.4 Å². The number of nitrogens with zero attached hydrogens (tertiary/aromatic N) is 1. The second-order valence-corrected chi connectivity index (χ2v) is 9.03. The van der Waals surface area contributed by atoms with E-state index in [1.165, 1.54) is 23.3 Å². The molecule has 1 heterocycles. The topological polar surface area (TPSA) is 69.8 Å². The number of aryl methyl sites for hydroxylation is 1. The molecule has 5 nitrogen and oxygen atoms in total. The summed E-state index contributed by atoms with van der Waals surface area (Å²) in [6.07, 6.45) is 0.867. The number of fused-ring (bicyclic) bond motifs is 1.